The normalized spacial score (nSPS) is 10.9. The Kier molecular flexibility index (Phi) is 5.38. The molecule has 0 saturated carbocycles. The van der Waals surface area contributed by atoms with E-state index in [0.29, 0.717) is 17.5 Å². The molecule has 0 unspecified atom stereocenters. The number of rotatable bonds is 7. The van der Waals surface area contributed by atoms with Gasteiger partial charge in [0, 0.05) is 5.56 Å². The third-order valence-corrected chi connectivity index (χ3v) is 5.16. The van der Waals surface area contributed by atoms with Gasteiger partial charge in [-0.15, -0.1) is 10.2 Å². The van der Waals surface area contributed by atoms with Crippen molar-refractivity contribution in [2.24, 2.45) is 0 Å². The Bertz CT molecular complexity index is 1060. The summed E-state index contributed by atoms with van der Waals surface area (Å²) in [6.07, 6.45) is 0. The van der Waals surface area contributed by atoms with Crippen LogP contribution in [0.2, 0.25) is 0 Å². The minimum Gasteiger partial charge on any atom is -0.497 e. The number of aromatic nitrogens is 5. The second-order valence-corrected chi connectivity index (χ2v) is 7.08. The van der Waals surface area contributed by atoms with Crippen molar-refractivity contribution in [1.82, 2.24) is 24.9 Å². The van der Waals surface area contributed by atoms with E-state index < -0.39 is 0 Å². The van der Waals surface area contributed by atoms with Crippen molar-refractivity contribution in [1.29, 1.82) is 0 Å². The van der Waals surface area contributed by atoms with Crippen LogP contribution < -0.4 is 4.74 Å². The van der Waals surface area contributed by atoms with Crippen molar-refractivity contribution in [3.8, 4) is 17.1 Å². The number of aryl methyl sites for hydroxylation is 1. The molecule has 4 aromatic rings. The predicted molar refractivity (Wildman–Crippen MR) is 106 cm³/mol. The molecule has 0 aliphatic rings. The molecule has 0 N–H and O–H groups in total. The monoisotopic (exact) mass is 393 g/mol. The van der Waals surface area contributed by atoms with Crippen molar-refractivity contribution in [2.75, 3.05) is 7.11 Å². The molecule has 0 bridgehead atoms. The third-order valence-electron chi connectivity index (χ3n) is 4.21. The molecule has 0 fully saturated rings. The summed E-state index contributed by atoms with van der Waals surface area (Å²) in [6.45, 7) is 2.68. The SMILES string of the molecule is COc1cccc(-c2noc(CSc3nnc(C)n3Cc3ccccc3)n2)c1. The first-order chi connectivity index (χ1) is 13.7. The molecular formula is C20H19N5O2S. The van der Waals surface area contributed by atoms with Gasteiger partial charge in [0.25, 0.3) is 0 Å². The first kappa shape index (κ1) is 18.2. The lowest BCUT2D eigenvalue weighted by atomic mass is 10.2. The Morgan fingerprint density at radius 3 is 2.75 bits per heavy atom. The molecule has 4 rings (SSSR count). The van der Waals surface area contributed by atoms with Crippen LogP contribution in [-0.4, -0.2) is 32.0 Å². The smallest absolute Gasteiger partial charge is 0.237 e. The maximum atomic E-state index is 5.40. The summed E-state index contributed by atoms with van der Waals surface area (Å²) in [6, 6.07) is 17.8. The molecule has 142 valence electrons. The summed E-state index contributed by atoms with van der Waals surface area (Å²) in [5.74, 6) is 3.21. The quantitative estimate of drug-likeness (QED) is 0.439. The number of benzene rings is 2. The molecule has 2 aromatic carbocycles. The predicted octanol–water partition coefficient (Wildman–Crippen LogP) is 3.99. The van der Waals surface area contributed by atoms with E-state index >= 15 is 0 Å². The van der Waals surface area contributed by atoms with Crippen LogP contribution in [0.3, 0.4) is 0 Å². The maximum Gasteiger partial charge on any atom is 0.237 e. The zero-order valence-electron chi connectivity index (χ0n) is 15.6. The first-order valence-electron chi connectivity index (χ1n) is 8.76. The Morgan fingerprint density at radius 2 is 1.93 bits per heavy atom. The zero-order valence-corrected chi connectivity index (χ0v) is 16.4. The lowest BCUT2D eigenvalue weighted by Gasteiger charge is -2.07. The maximum absolute atomic E-state index is 5.40. The summed E-state index contributed by atoms with van der Waals surface area (Å²) in [5.41, 5.74) is 2.05. The number of methoxy groups -OCH3 is 1. The van der Waals surface area contributed by atoms with Gasteiger partial charge in [0.2, 0.25) is 11.7 Å². The van der Waals surface area contributed by atoms with Crippen LogP contribution in [-0.2, 0) is 12.3 Å². The van der Waals surface area contributed by atoms with Crippen LogP contribution in [0.25, 0.3) is 11.4 Å². The van der Waals surface area contributed by atoms with E-state index in [9.17, 15) is 0 Å². The van der Waals surface area contributed by atoms with E-state index in [2.05, 4.69) is 37.0 Å². The lowest BCUT2D eigenvalue weighted by molar-refractivity contribution is 0.391. The van der Waals surface area contributed by atoms with Crippen LogP contribution in [0.15, 0.2) is 64.3 Å². The molecule has 0 saturated heterocycles. The van der Waals surface area contributed by atoms with Gasteiger partial charge in [0.1, 0.15) is 11.6 Å². The van der Waals surface area contributed by atoms with Crippen molar-refractivity contribution < 1.29 is 9.26 Å². The number of ether oxygens (including phenoxy) is 1. The molecule has 7 nitrogen and oxygen atoms in total. The Hall–Kier alpha value is -3.13. The molecular weight excluding hydrogens is 374 g/mol. The van der Waals surface area contributed by atoms with Gasteiger partial charge in [0.05, 0.1) is 19.4 Å². The summed E-state index contributed by atoms with van der Waals surface area (Å²) in [4.78, 5) is 4.48. The van der Waals surface area contributed by atoms with Crippen molar-refractivity contribution in [2.45, 2.75) is 24.4 Å². The minimum atomic E-state index is 0.518. The van der Waals surface area contributed by atoms with Gasteiger partial charge < -0.3 is 13.8 Å². The van der Waals surface area contributed by atoms with Gasteiger partial charge in [0.15, 0.2) is 5.16 Å². The highest BCUT2D eigenvalue weighted by molar-refractivity contribution is 7.98. The van der Waals surface area contributed by atoms with Crippen LogP contribution in [0, 0.1) is 6.92 Å². The highest BCUT2D eigenvalue weighted by atomic mass is 32.2. The average Bonchev–Trinajstić information content (AvgIpc) is 3.35. The molecule has 0 atom stereocenters. The van der Waals surface area contributed by atoms with Gasteiger partial charge >= 0.3 is 0 Å². The molecule has 8 heteroatoms. The van der Waals surface area contributed by atoms with E-state index in [4.69, 9.17) is 9.26 Å². The van der Waals surface area contributed by atoms with Crippen LogP contribution in [0.4, 0.5) is 0 Å². The van der Waals surface area contributed by atoms with Crippen molar-refractivity contribution in [3.05, 3.63) is 71.9 Å². The fraction of sp³-hybridized carbons (Fsp3) is 0.200. The summed E-state index contributed by atoms with van der Waals surface area (Å²) in [7, 11) is 1.63. The Morgan fingerprint density at radius 1 is 1.07 bits per heavy atom. The Labute approximate surface area is 166 Å². The average molecular weight is 393 g/mol. The first-order valence-corrected chi connectivity index (χ1v) is 9.75. The third kappa shape index (κ3) is 4.07. The van der Waals surface area contributed by atoms with E-state index in [1.807, 2.05) is 49.4 Å². The second kappa shape index (κ2) is 8.26. The largest absolute Gasteiger partial charge is 0.497 e. The van der Waals surface area contributed by atoms with E-state index in [-0.39, 0.29) is 0 Å². The lowest BCUT2D eigenvalue weighted by Crippen LogP contribution is -2.03. The van der Waals surface area contributed by atoms with E-state index in [0.717, 1.165) is 28.8 Å². The van der Waals surface area contributed by atoms with E-state index in [1.54, 1.807) is 7.11 Å². The molecule has 0 radical (unpaired) electrons. The van der Waals surface area contributed by atoms with Gasteiger partial charge in [-0.25, -0.2) is 0 Å². The van der Waals surface area contributed by atoms with Gasteiger partial charge in [-0.2, -0.15) is 4.98 Å². The van der Waals surface area contributed by atoms with Crippen LogP contribution in [0.5, 0.6) is 5.75 Å². The highest BCUT2D eigenvalue weighted by Gasteiger charge is 2.14. The number of thioether (sulfide) groups is 1. The standard InChI is InChI=1S/C20H19N5O2S/c1-14-22-23-20(25(14)12-15-7-4-3-5-8-15)28-13-18-21-19(24-27-18)16-9-6-10-17(11-16)26-2/h3-11H,12-13H2,1-2H3. The molecule has 2 heterocycles. The van der Waals surface area contributed by atoms with Crippen LogP contribution in [0.1, 0.15) is 17.3 Å². The number of hydrogen-bond donors (Lipinski definition) is 0. The number of hydrogen-bond acceptors (Lipinski definition) is 7. The highest BCUT2D eigenvalue weighted by Crippen LogP contribution is 2.25. The fourth-order valence-electron chi connectivity index (χ4n) is 2.74. The topological polar surface area (TPSA) is 78.9 Å². The van der Waals surface area contributed by atoms with Gasteiger partial charge in [-0.3, -0.25) is 0 Å². The summed E-state index contributed by atoms with van der Waals surface area (Å²) < 4.78 is 12.7. The van der Waals surface area contributed by atoms with E-state index in [1.165, 1.54) is 17.3 Å². The molecule has 2 aromatic heterocycles. The Balaban J connectivity index is 1.46. The molecule has 0 spiro atoms. The molecule has 0 aliphatic heterocycles. The molecule has 28 heavy (non-hydrogen) atoms. The second-order valence-electron chi connectivity index (χ2n) is 6.13. The summed E-state index contributed by atoms with van der Waals surface area (Å²) in [5, 5.41) is 13.4. The van der Waals surface area contributed by atoms with Gasteiger partial charge in [-0.1, -0.05) is 59.4 Å². The molecule has 0 aliphatic carbocycles. The molecule has 0 amide bonds. The summed E-state index contributed by atoms with van der Waals surface area (Å²) >= 11 is 1.52. The number of nitrogens with zero attached hydrogens (tertiary/aromatic N) is 5. The minimum absolute atomic E-state index is 0.518. The fourth-order valence-corrected chi connectivity index (χ4v) is 3.56. The van der Waals surface area contributed by atoms with Crippen LogP contribution >= 0.6 is 11.8 Å². The zero-order chi connectivity index (χ0) is 19.3. The van der Waals surface area contributed by atoms with Gasteiger partial charge in [-0.05, 0) is 24.6 Å². The van der Waals surface area contributed by atoms with Crippen molar-refractivity contribution >= 4 is 11.8 Å². The van der Waals surface area contributed by atoms with Crippen molar-refractivity contribution in [3.63, 3.8) is 0 Å².